The van der Waals surface area contributed by atoms with Crippen LogP contribution in [0.15, 0.2) is 48.7 Å². The largest absolute Gasteiger partial charge is 0.353 e. The lowest BCUT2D eigenvalue weighted by Gasteiger charge is -2.43. The first-order chi connectivity index (χ1) is 19.3. The Morgan fingerprint density at radius 1 is 0.875 bits per heavy atom. The smallest absolute Gasteiger partial charge is 0.253 e. The SMILES string of the molecule is O=C(NCc1ccc(F)c(Cl)c1)c1cnc(N2CCN(C3CCN(Cc4ccc(F)c(F)c4)CC3)CC2)c(Cl)c1.[HH]. The molecule has 6 nitrogen and oxygen atoms in total. The summed E-state index contributed by atoms with van der Waals surface area (Å²) in [7, 11) is 0. The second kappa shape index (κ2) is 12.8. The van der Waals surface area contributed by atoms with Gasteiger partial charge in [0, 0.05) is 52.9 Å². The molecule has 0 saturated carbocycles. The molecule has 2 fully saturated rings. The lowest BCUT2D eigenvalue weighted by Crippen LogP contribution is -2.53. The third kappa shape index (κ3) is 6.89. The average Bonchev–Trinajstić information content (AvgIpc) is 2.96. The predicted molar refractivity (Wildman–Crippen MR) is 152 cm³/mol. The molecule has 0 bridgehead atoms. The number of piperazine rings is 1. The van der Waals surface area contributed by atoms with E-state index in [-0.39, 0.29) is 18.9 Å². The molecule has 1 N–H and O–H groups in total. The molecule has 2 aromatic carbocycles. The number of halogens is 5. The van der Waals surface area contributed by atoms with Crippen LogP contribution >= 0.6 is 23.2 Å². The van der Waals surface area contributed by atoms with Crippen molar-refractivity contribution in [3.63, 3.8) is 0 Å². The number of nitrogens with one attached hydrogen (secondary N) is 1. The van der Waals surface area contributed by atoms with Crippen LogP contribution in [0.3, 0.4) is 0 Å². The normalized spacial score (nSPS) is 17.3. The van der Waals surface area contributed by atoms with Crippen molar-refractivity contribution >= 4 is 34.9 Å². The highest BCUT2D eigenvalue weighted by Crippen LogP contribution is 2.27. The second-order valence-electron chi connectivity index (χ2n) is 10.2. The van der Waals surface area contributed by atoms with Crippen LogP contribution in [-0.4, -0.2) is 66.0 Å². The summed E-state index contributed by atoms with van der Waals surface area (Å²) in [6.07, 6.45) is 3.57. The number of rotatable bonds is 7. The molecular formula is C29H32Cl2F3N5O. The van der Waals surface area contributed by atoms with Gasteiger partial charge in [0.2, 0.25) is 0 Å². The summed E-state index contributed by atoms with van der Waals surface area (Å²) in [6, 6.07) is 10.5. The molecule has 5 rings (SSSR count). The number of hydrogen-bond donors (Lipinski definition) is 1. The van der Waals surface area contributed by atoms with Crippen molar-refractivity contribution in [2.75, 3.05) is 44.2 Å². The molecule has 2 saturated heterocycles. The maximum absolute atomic E-state index is 13.5. The van der Waals surface area contributed by atoms with Gasteiger partial charge >= 0.3 is 0 Å². The Hall–Kier alpha value is -2.85. The van der Waals surface area contributed by atoms with Gasteiger partial charge in [-0.25, -0.2) is 18.2 Å². The zero-order valence-corrected chi connectivity index (χ0v) is 23.4. The number of aromatic nitrogens is 1. The number of pyridine rings is 1. The van der Waals surface area contributed by atoms with Crippen molar-refractivity contribution in [1.82, 2.24) is 20.1 Å². The van der Waals surface area contributed by atoms with E-state index in [1.807, 2.05) is 0 Å². The fraction of sp³-hybridized carbons (Fsp3) is 0.379. The molecular weight excluding hydrogens is 562 g/mol. The highest BCUT2D eigenvalue weighted by molar-refractivity contribution is 6.33. The van der Waals surface area contributed by atoms with Crippen molar-refractivity contribution in [3.05, 3.63) is 92.8 Å². The summed E-state index contributed by atoms with van der Waals surface area (Å²) in [5, 5.41) is 3.20. The molecule has 0 aliphatic carbocycles. The van der Waals surface area contributed by atoms with Crippen molar-refractivity contribution in [2.24, 2.45) is 0 Å². The third-order valence-corrected chi connectivity index (χ3v) is 8.17. The van der Waals surface area contributed by atoms with Crippen LogP contribution in [0.25, 0.3) is 0 Å². The molecule has 40 heavy (non-hydrogen) atoms. The number of anilines is 1. The minimum absolute atomic E-state index is 0. The molecule has 2 aliphatic rings. The van der Waals surface area contributed by atoms with Crippen LogP contribution < -0.4 is 10.2 Å². The highest BCUT2D eigenvalue weighted by Gasteiger charge is 2.28. The first-order valence-electron chi connectivity index (χ1n) is 13.3. The Balaban J connectivity index is 0.00000387. The maximum Gasteiger partial charge on any atom is 0.253 e. The van der Waals surface area contributed by atoms with E-state index < -0.39 is 17.5 Å². The summed E-state index contributed by atoms with van der Waals surface area (Å²) >= 11 is 12.3. The van der Waals surface area contributed by atoms with Gasteiger partial charge in [-0.1, -0.05) is 35.3 Å². The Morgan fingerprint density at radius 2 is 1.57 bits per heavy atom. The Kier molecular flexibility index (Phi) is 9.15. The van der Waals surface area contributed by atoms with Gasteiger partial charge < -0.3 is 10.2 Å². The zero-order chi connectivity index (χ0) is 28.2. The molecule has 0 atom stereocenters. The van der Waals surface area contributed by atoms with Crippen LogP contribution in [-0.2, 0) is 13.1 Å². The van der Waals surface area contributed by atoms with Gasteiger partial charge in [0.05, 0.1) is 15.6 Å². The number of amides is 1. The van der Waals surface area contributed by atoms with Crippen LogP contribution in [0.1, 0.15) is 35.8 Å². The molecule has 0 spiro atoms. The number of carbonyl (C=O) groups is 1. The number of nitrogens with zero attached hydrogens (tertiary/aromatic N) is 4. The van der Waals surface area contributed by atoms with E-state index in [4.69, 9.17) is 23.2 Å². The average molecular weight is 595 g/mol. The van der Waals surface area contributed by atoms with E-state index in [0.717, 1.165) is 57.7 Å². The van der Waals surface area contributed by atoms with Crippen molar-refractivity contribution in [1.29, 1.82) is 0 Å². The minimum atomic E-state index is -0.816. The number of hydrogen-bond acceptors (Lipinski definition) is 5. The predicted octanol–water partition coefficient (Wildman–Crippen LogP) is 5.77. The first-order valence-corrected chi connectivity index (χ1v) is 14.1. The fourth-order valence-corrected chi connectivity index (χ4v) is 5.85. The van der Waals surface area contributed by atoms with E-state index in [1.165, 1.54) is 30.5 Å². The molecule has 0 radical (unpaired) electrons. The van der Waals surface area contributed by atoms with E-state index in [9.17, 15) is 18.0 Å². The minimum Gasteiger partial charge on any atom is -0.353 e. The number of piperidine rings is 1. The van der Waals surface area contributed by atoms with Crippen molar-refractivity contribution in [3.8, 4) is 0 Å². The lowest BCUT2D eigenvalue weighted by atomic mass is 10.0. The van der Waals surface area contributed by atoms with Gasteiger partial charge in [0.25, 0.3) is 5.91 Å². The Bertz CT molecular complexity index is 1370. The second-order valence-corrected chi connectivity index (χ2v) is 11.1. The van der Waals surface area contributed by atoms with Crippen LogP contribution in [0.4, 0.5) is 19.0 Å². The number of benzene rings is 2. The van der Waals surface area contributed by atoms with E-state index in [0.29, 0.717) is 34.6 Å². The Labute approximate surface area is 243 Å². The van der Waals surface area contributed by atoms with Crippen LogP contribution in [0, 0.1) is 17.5 Å². The summed E-state index contributed by atoms with van der Waals surface area (Å²) in [4.78, 5) is 24.0. The van der Waals surface area contributed by atoms with Crippen molar-refractivity contribution in [2.45, 2.75) is 32.0 Å². The van der Waals surface area contributed by atoms with E-state index >= 15 is 0 Å². The molecule has 11 heteroatoms. The summed E-state index contributed by atoms with van der Waals surface area (Å²) in [5.41, 5.74) is 1.81. The summed E-state index contributed by atoms with van der Waals surface area (Å²) in [6.45, 7) is 5.96. The molecule has 0 unspecified atom stereocenters. The molecule has 3 aromatic rings. The number of likely N-dealkylation sites (tertiary alicyclic amines) is 1. The number of carbonyl (C=O) groups excluding carboxylic acids is 1. The summed E-state index contributed by atoms with van der Waals surface area (Å²) in [5.74, 6) is -1.80. The molecule has 1 amide bonds. The van der Waals surface area contributed by atoms with E-state index in [1.54, 1.807) is 18.2 Å². The fourth-order valence-electron chi connectivity index (χ4n) is 5.36. The van der Waals surface area contributed by atoms with Crippen molar-refractivity contribution < 1.29 is 19.4 Å². The summed E-state index contributed by atoms with van der Waals surface area (Å²) < 4.78 is 40.1. The first kappa shape index (κ1) is 28.7. The molecule has 2 aliphatic heterocycles. The molecule has 3 heterocycles. The van der Waals surface area contributed by atoms with Gasteiger partial charge in [-0.05, 0) is 67.4 Å². The van der Waals surface area contributed by atoms with Gasteiger partial charge in [-0.2, -0.15) is 0 Å². The molecule has 1 aromatic heterocycles. The van der Waals surface area contributed by atoms with Gasteiger partial charge in [0.15, 0.2) is 11.6 Å². The van der Waals surface area contributed by atoms with Gasteiger partial charge in [0.1, 0.15) is 11.6 Å². The van der Waals surface area contributed by atoms with E-state index in [2.05, 4.69) is 25.0 Å². The topological polar surface area (TPSA) is 51.7 Å². The molecule has 214 valence electrons. The quantitative estimate of drug-likeness (QED) is 0.377. The monoisotopic (exact) mass is 593 g/mol. The highest BCUT2D eigenvalue weighted by atomic mass is 35.5. The lowest BCUT2D eigenvalue weighted by molar-refractivity contribution is 0.0950. The maximum atomic E-state index is 13.5. The standard InChI is InChI=1S/C29H30Cl2F3N5O.H2/c30-23-13-19(1-3-25(23)32)16-36-29(40)21-15-24(31)28(35-17-21)39-11-9-38(10-12-39)22-5-7-37(8-6-22)18-20-2-4-26(33)27(34)14-20;/h1-4,13-15,17,22H,5-12,16,18H2,(H,36,40);1H. The third-order valence-electron chi connectivity index (χ3n) is 7.60. The van der Waals surface area contributed by atoms with Crippen LogP contribution in [0.5, 0.6) is 0 Å². The van der Waals surface area contributed by atoms with Gasteiger partial charge in [-0.3, -0.25) is 14.6 Å². The zero-order valence-electron chi connectivity index (χ0n) is 21.9. The Morgan fingerprint density at radius 3 is 2.25 bits per heavy atom. The van der Waals surface area contributed by atoms with Crippen LogP contribution in [0.2, 0.25) is 10.0 Å². The van der Waals surface area contributed by atoms with Gasteiger partial charge in [-0.15, -0.1) is 0 Å².